The molecule has 1 saturated heterocycles. The second-order valence-electron chi connectivity index (χ2n) is 4.88. The number of rotatable bonds is 3. The number of halogens is 2. The van der Waals surface area contributed by atoms with Gasteiger partial charge >= 0.3 is 0 Å². The lowest BCUT2D eigenvalue weighted by Crippen LogP contribution is -2.21. The molecular weight excluding hydrogens is 276 g/mol. The van der Waals surface area contributed by atoms with Gasteiger partial charge in [0.1, 0.15) is 11.6 Å². The topological polar surface area (TPSA) is 53.9 Å². The van der Waals surface area contributed by atoms with Gasteiger partial charge in [0, 0.05) is 31.8 Å². The fourth-order valence-electron chi connectivity index (χ4n) is 2.35. The molecule has 2 heterocycles. The second kappa shape index (κ2) is 5.59. The van der Waals surface area contributed by atoms with Crippen molar-refractivity contribution in [1.82, 2.24) is 15.0 Å². The summed E-state index contributed by atoms with van der Waals surface area (Å²) >= 11 is 0. The first-order chi connectivity index (χ1) is 10.2. The Hall–Kier alpha value is -2.31. The van der Waals surface area contributed by atoms with Gasteiger partial charge in [0.2, 0.25) is 11.9 Å². The van der Waals surface area contributed by atoms with E-state index in [1.165, 1.54) is 12.1 Å². The van der Waals surface area contributed by atoms with Crippen molar-refractivity contribution in [2.75, 3.05) is 30.4 Å². The molecule has 1 aliphatic rings. The molecule has 0 amide bonds. The number of nitrogens with zero attached hydrogens (tertiary/aromatic N) is 4. The van der Waals surface area contributed by atoms with Crippen LogP contribution < -0.4 is 10.2 Å². The maximum Gasteiger partial charge on any atom is 0.230 e. The highest BCUT2D eigenvalue weighted by Crippen LogP contribution is 2.23. The molecule has 110 valence electrons. The molecule has 0 bridgehead atoms. The van der Waals surface area contributed by atoms with Crippen LogP contribution in [0.25, 0.3) is 11.4 Å². The summed E-state index contributed by atoms with van der Waals surface area (Å²) in [4.78, 5) is 14.9. The van der Waals surface area contributed by atoms with Crippen molar-refractivity contribution in [3.8, 4) is 11.4 Å². The van der Waals surface area contributed by atoms with Crippen molar-refractivity contribution in [2.24, 2.45) is 0 Å². The quantitative estimate of drug-likeness (QED) is 0.941. The van der Waals surface area contributed by atoms with Crippen LogP contribution in [0.15, 0.2) is 18.2 Å². The van der Waals surface area contributed by atoms with Crippen LogP contribution in [0.4, 0.5) is 20.7 Å². The van der Waals surface area contributed by atoms with Gasteiger partial charge in [0.15, 0.2) is 5.82 Å². The monoisotopic (exact) mass is 291 g/mol. The number of aromatic nitrogens is 3. The van der Waals surface area contributed by atoms with E-state index < -0.39 is 11.6 Å². The predicted octanol–water partition coefficient (Wildman–Crippen LogP) is 2.46. The molecule has 5 nitrogen and oxygen atoms in total. The standard InChI is InChI=1S/C14H15F2N5/c1-17-13-18-12(9-6-10(15)8-11(16)7-9)19-14(20-13)21-4-2-3-5-21/h6-8H,2-5H2,1H3,(H,17,18,19,20). The Kier molecular flexibility index (Phi) is 3.64. The van der Waals surface area contributed by atoms with Crippen molar-refractivity contribution < 1.29 is 8.78 Å². The lowest BCUT2D eigenvalue weighted by Gasteiger charge is -2.16. The Labute approximate surface area is 121 Å². The Bertz CT molecular complexity index is 636. The van der Waals surface area contributed by atoms with Crippen molar-refractivity contribution in [3.63, 3.8) is 0 Å². The smallest absolute Gasteiger partial charge is 0.230 e. The van der Waals surface area contributed by atoms with Gasteiger partial charge in [0.05, 0.1) is 0 Å². The molecule has 1 N–H and O–H groups in total. The summed E-state index contributed by atoms with van der Waals surface area (Å²) in [5, 5.41) is 2.85. The van der Waals surface area contributed by atoms with Crippen LogP contribution in [0.2, 0.25) is 0 Å². The summed E-state index contributed by atoms with van der Waals surface area (Å²) in [5.74, 6) is -0.133. The van der Waals surface area contributed by atoms with E-state index in [0.29, 0.717) is 17.5 Å². The predicted molar refractivity (Wildman–Crippen MR) is 76.2 cm³/mol. The van der Waals surface area contributed by atoms with E-state index in [2.05, 4.69) is 20.3 Å². The van der Waals surface area contributed by atoms with Crippen LogP contribution in [0.1, 0.15) is 12.8 Å². The minimum absolute atomic E-state index is 0.259. The second-order valence-corrected chi connectivity index (χ2v) is 4.88. The highest BCUT2D eigenvalue weighted by Gasteiger charge is 2.18. The van der Waals surface area contributed by atoms with Gasteiger partial charge in [-0.15, -0.1) is 0 Å². The molecule has 0 saturated carbocycles. The third-order valence-corrected chi connectivity index (χ3v) is 3.36. The van der Waals surface area contributed by atoms with Gasteiger partial charge in [0.25, 0.3) is 0 Å². The molecule has 2 aromatic rings. The lowest BCUT2D eigenvalue weighted by atomic mass is 10.2. The van der Waals surface area contributed by atoms with E-state index in [1.807, 2.05) is 4.90 Å². The molecule has 1 aliphatic heterocycles. The zero-order valence-electron chi connectivity index (χ0n) is 11.6. The molecule has 3 rings (SSSR count). The first kappa shape index (κ1) is 13.7. The van der Waals surface area contributed by atoms with E-state index in [0.717, 1.165) is 32.0 Å². The molecule has 21 heavy (non-hydrogen) atoms. The van der Waals surface area contributed by atoms with Crippen LogP contribution in [-0.4, -0.2) is 35.1 Å². The summed E-state index contributed by atoms with van der Waals surface area (Å²) in [5.41, 5.74) is 0.298. The summed E-state index contributed by atoms with van der Waals surface area (Å²) in [6.45, 7) is 1.76. The SMILES string of the molecule is CNc1nc(-c2cc(F)cc(F)c2)nc(N2CCCC2)n1. The number of anilines is 2. The molecule has 0 atom stereocenters. The first-order valence-electron chi connectivity index (χ1n) is 6.81. The van der Waals surface area contributed by atoms with Crippen molar-refractivity contribution >= 4 is 11.9 Å². The first-order valence-corrected chi connectivity index (χ1v) is 6.81. The molecule has 7 heteroatoms. The van der Waals surface area contributed by atoms with Crippen LogP contribution >= 0.6 is 0 Å². The van der Waals surface area contributed by atoms with Crippen LogP contribution in [0.5, 0.6) is 0 Å². The van der Waals surface area contributed by atoms with Crippen LogP contribution in [0.3, 0.4) is 0 Å². The van der Waals surface area contributed by atoms with Gasteiger partial charge in [-0.2, -0.15) is 15.0 Å². The normalized spacial score (nSPS) is 14.5. The van der Waals surface area contributed by atoms with Gasteiger partial charge < -0.3 is 10.2 Å². The molecular formula is C14H15F2N5. The maximum absolute atomic E-state index is 13.4. The third-order valence-electron chi connectivity index (χ3n) is 3.36. The molecule has 0 radical (unpaired) electrons. The minimum Gasteiger partial charge on any atom is -0.357 e. The van der Waals surface area contributed by atoms with E-state index in [9.17, 15) is 8.78 Å². The van der Waals surface area contributed by atoms with Gasteiger partial charge in [-0.1, -0.05) is 0 Å². The largest absolute Gasteiger partial charge is 0.357 e. The summed E-state index contributed by atoms with van der Waals surface area (Å²) in [6.07, 6.45) is 2.18. The Morgan fingerprint density at radius 3 is 2.29 bits per heavy atom. The zero-order chi connectivity index (χ0) is 14.8. The fraction of sp³-hybridized carbons (Fsp3) is 0.357. The Balaban J connectivity index is 2.06. The van der Waals surface area contributed by atoms with Gasteiger partial charge in [-0.3, -0.25) is 0 Å². The van der Waals surface area contributed by atoms with Gasteiger partial charge in [-0.05, 0) is 25.0 Å². The molecule has 0 unspecified atom stereocenters. The van der Waals surface area contributed by atoms with Crippen molar-refractivity contribution in [3.05, 3.63) is 29.8 Å². The molecule has 0 aliphatic carbocycles. The van der Waals surface area contributed by atoms with Crippen molar-refractivity contribution in [2.45, 2.75) is 12.8 Å². The highest BCUT2D eigenvalue weighted by molar-refractivity contribution is 5.58. The summed E-state index contributed by atoms with van der Waals surface area (Å²) in [7, 11) is 1.69. The molecule has 1 aromatic heterocycles. The molecule has 1 fully saturated rings. The number of benzene rings is 1. The van der Waals surface area contributed by atoms with E-state index >= 15 is 0 Å². The average Bonchev–Trinajstić information content (AvgIpc) is 3.00. The summed E-state index contributed by atoms with van der Waals surface area (Å²) in [6, 6.07) is 3.25. The fourth-order valence-corrected chi connectivity index (χ4v) is 2.35. The minimum atomic E-state index is -0.654. The number of hydrogen-bond donors (Lipinski definition) is 1. The van der Waals surface area contributed by atoms with E-state index in [4.69, 9.17) is 0 Å². The van der Waals surface area contributed by atoms with E-state index in [-0.39, 0.29) is 5.82 Å². The van der Waals surface area contributed by atoms with E-state index in [1.54, 1.807) is 7.05 Å². The average molecular weight is 291 g/mol. The maximum atomic E-state index is 13.4. The number of hydrogen-bond acceptors (Lipinski definition) is 5. The molecule has 0 spiro atoms. The van der Waals surface area contributed by atoms with Crippen LogP contribution in [-0.2, 0) is 0 Å². The Morgan fingerprint density at radius 2 is 1.67 bits per heavy atom. The van der Waals surface area contributed by atoms with Gasteiger partial charge in [-0.25, -0.2) is 8.78 Å². The molecule has 1 aromatic carbocycles. The van der Waals surface area contributed by atoms with Crippen molar-refractivity contribution in [1.29, 1.82) is 0 Å². The zero-order valence-corrected chi connectivity index (χ0v) is 11.6. The highest BCUT2D eigenvalue weighted by atomic mass is 19.1. The van der Waals surface area contributed by atoms with Crippen LogP contribution in [0, 0.1) is 11.6 Å². The lowest BCUT2D eigenvalue weighted by molar-refractivity contribution is 0.584. The summed E-state index contributed by atoms with van der Waals surface area (Å²) < 4.78 is 26.7. The number of nitrogens with one attached hydrogen (secondary N) is 1. The Morgan fingerprint density at radius 1 is 1.00 bits per heavy atom. The third kappa shape index (κ3) is 2.91.